The lowest BCUT2D eigenvalue weighted by Crippen LogP contribution is -2.10. The van der Waals surface area contributed by atoms with Crippen molar-refractivity contribution in [1.29, 1.82) is 0 Å². The lowest BCUT2D eigenvalue weighted by Gasteiger charge is -2.13. The quantitative estimate of drug-likeness (QED) is 0.848. The molecular formula is C11H16Cl3N. The van der Waals surface area contributed by atoms with Crippen molar-refractivity contribution in [1.82, 2.24) is 0 Å². The number of rotatable bonds is 4. The number of hydrogen-bond acceptors (Lipinski definition) is 1. The minimum absolute atomic E-state index is 0. The smallest absolute Gasteiger partial charge is 0.0639 e. The van der Waals surface area contributed by atoms with Crippen molar-refractivity contribution in [2.24, 2.45) is 5.73 Å². The van der Waals surface area contributed by atoms with E-state index in [4.69, 9.17) is 28.9 Å². The Kier molecular flexibility index (Phi) is 7.37. The summed E-state index contributed by atoms with van der Waals surface area (Å²) in [5.41, 5.74) is 6.96. The van der Waals surface area contributed by atoms with Crippen molar-refractivity contribution < 1.29 is 0 Å². The standard InChI is InChI=1S/C11H15Cl2N.ClH/c1-2-3-7-10(14)8-5-4-6-9(12)11(8)13;/h4-6,10H,2-3,7,14H2,1H3;1H/t10-;/m1./s1. The maximum absolute atomic E-state index is 6.06. The average molecular weight is 269 g/mol. The molecule has 1 aromatic carbocycles. The van der Waals surface area contributed by atoms with Gasteiger partial charge < -0.3 is 5.73 Å². The van der Waals surface area contributed by atoms with E-state index in [2.05, 4.69) is 6.92 Å². The summed E-state index contributed by atoms with van der Waals surface area (Å²) < 4.78 is 0. The molecule has 0 aliphatic heterocycles. The number of nitrogens with two attached hydrogens (primary N) is 1. The van der Waals surface area contributed by atoms with E-state index in [1.54, 1.807) is 6.07 Å². The van der Waals surface area contributed by atoms with E-state index in [1.807, 2.05) is 12.1 Å². The van der Waals surface area contributed by atoms with Gasteiger partial charge in [-0.3, -0.25) is 0 Å². The van der Waals surface area contributed by atoms with Gasteiger partial charge in [0, 0.05) is 6.04 Å². The highest BCUT2D eigenvalue weighted by atomic mass is 35.5. The van der Waals surface area contributed by atoms with Gasteiger partial charge in [0.15, 0.2) is 0 Å². The van der Waals surface area contributed by atoms with Gasteiger partial charge in [-0.05, 0) is 18.1 Å². The van der Waals surface area contributed by atoms with E-state index in [9.17, 15) is 0 Å². The molecule has 15 heavy (non-hydrogen) atoms. The molecule has 0 aliphatic rings. The summed E-state index contributed by atoms with van der Waals surface area (Å²) in [5, 5.41) is 1.17. The molecule has 1 aromatic rings. The molecule has 0 heterocycles. The van der Waals surface area contributed by atoms with Crippen molar-refractivity contribution in [3.63, 3.8) is 0 Å². The second-order valence-corrected chi connectivity index (χ2v) is 4.18. The zero-order chi connectivity index (χ0) is 10.6. The van der Waals surface area contributed by atoms with Crippen LogP contribution in [0.2, 0.25) is 10.0 Å². The Balaban J connectivity index is 0.00000196. The van der Waals surface area contributed by atoms with Crippen molar-refractivity contribution >= 4 is 35.6 Å². The van der Waals surface area contributed by atoms with Gasteiger partial charge in [0.25, 0.3) is 0 Å². The molecule has 0 unspecified atom stereocenters. The Hall–Kier alpha value is 0.0500. The highest BCUT2D eigenvalue weighted by Gasteiger charge is 2.11. The van der Waals surface area contributed by atoms with Crippen molar-refractivity contribution in [3.8, 4) is 0 Å². The monoisotopic (exact) mass is 267 g/mol. The van der Waals surface area contributed by atoms with Crippen LogP contribution >= 0.6 is 35.6 Å². The lowest BCUT2D eigenvalue weighted by molar-refractivity contribution is 0.603. The van der Waals surface area contributed by atoms with Crippen LogP contribution in [0.3, 0.4) is 0 Å². The van der Waals surface area contributed by atoms with Gasteiger partial charge in [-0.25, -0.2) is 0 Å². The first kappa shape index (κ1) is 15.0. The summed E-state index contributed by atoms with van der Waals surface area (Å²) in [5.74, 6) is 0. The number of hydrogen-bond donors (Lipinski definition) is 1. The zero-order valence-corrected chi connectivity index (χ0v) is 11.0. The van der Waals surface area contributed by atoms with E-state index in [1.165, 1.54) is 0 Å². The molecule has 1 atom stereocenters. The molecule has 0 amide bonds. The Labute approximate surface area is 107 Å². The largest absolute Gasteiger partial charge is 0.324 e. The fourth-order valence-corrected chi connectivity index (χ4v) is 1.83. The summed E-state index contributed by atoms with van der Waals surface area (Å²) in [7, 11) is 0. The third kappa shape index (κ3) is 4.20. The normalized spacial score (nSPS) is 12.0. The van der Waals surface area contributed by atoms with E-state index in [-0.39, 0.29) is 18.4 Å². The molecule has 0 fully saturated rings. The van der Waals surface area contributed by atoms with Gasteiger partial charge in [-0.1, -0.05) is 55.1 Å². The minimum Gasteiger partial charge on any atom is -0.324 e. The summed E-state index contributed by atoms with van der Waals surface area (Å²) in [6.07, 6.45) is 3.21. The summed E-state index contributed by atoms with van der Waals surface area (Å²) in [6, 6.07) is 5.60. The molecule has 4 heteroatoms. The minimum atomic E-state index is 0. The molecule has 86 valence electrons. The topological polar surface area (TPSA) is 26.0 Å². The first-order valence-electron chi connectivity index (χ1n) is 4.86. The van der Waals surface area contributed by atoms with Crippen LogP contribution in [0, 0.1) is 0 Å². The molecule has 0 saturated carbocycles. The molecule has 0 saturated heterocycles. The predicted molar refractivity (Wildman–Crippen MR) is 70.2 cm³/mol. The molecule has 0 bridgehead atoms. The number of benzene rings is 1. The van der Waals surface area contributed by atoms with E-state index in [0.717, 1.165) is 24.8 Å². The van der Waals surface area contributed by atoms with Crippen LogP contribution in [-0.2, 0) is 0 Å². The van der Waals surface area contributed by atoms with Gasteiger partial charge in [0.2, 0.25) is 0 Å². The Morgan fingerprint density at radius 2 is 2.00 bits per heavy atom. The van der Waals surface area contributed by atoms with Crippen LogP contribution in [-0.4, -0.2) is 0 Å². The molecule has 0 radical (unpaired) electrons. The maximum Gasteiger partial charge on any atom is 0.0639 e. The van der Waals surface area contributed by atoms with Crippen LogP contribution in [0.25, 0.3) is 0 Å². The van der Waals surface area contributed by atoms with Crippen LogP contribution in [0.5, 0.6) is 0 Å². The molecule has 1 rings (SSSR count). The van der Waals surface area contributed by atoms with Crippen LogP contribution < -0.4 is 5.73 Å². The van der Waals surface area contributed by atoms with Gasteiger partial charge in [-0.2, -0.15) is 0 Å². The second kappa shape index (κ2) is 7.34. The summed E-state index contributed by atoms with van der Waals surface area (Å²) in [6.45, 7) is 2.15. The SMILES string of the molecule is CCCC[C@@H](N)c1cccc(Cl)c1Cl.Cl. The van der Waals surface area contributed by atoms with E-state index in [0.29, 0.717) is 10.0 Å². The molecule has 0 aromatic heterocycles. The Bertz CT molecular complexity index is 302. The number of halogens is 3. The van der Waals surface area contributed by atoms with Gasteiger partial charge in [0.1, 0.15) is 0 Å². The predicted octanol–water partition coefficient (Wildman–Crippen LogP) is 4.61. The lowest BCUT2D eigenvalue weighted by atomic mass is 10.0. The summed E-state index contributed by atoms with van der Waals surface area (Å²) in [4.78, 5) is 0. The average Bonchev–Trinajstić information content (AvgIpc) is 2.18. The van der Waals surface area contributed by atoms with E-state index >= 15 is 0 Å². The summed E-state index contributed by atoms with van der Waals surface area (Å²) >= 11 is 12.0. The van der Waals surface area contributed by atoms with Crippen LogP contribution in [0.1, 0.15) is 37.8 Å². The molecule has 2 N–H and O–H groups in total. The molecule has 0 spiro atoms. The highest BCUT2D eigenvalue weighted by Crippen LogP contribution is 2.30. The maximum atomic E-state index is 6.06. The third-order valence-electron chi connectivity index (χ3n) is 2.25. The Morgan fingerprint density at radius 3 is 2.60 bits per heavy atom. The fourth-order valence-electron chi connectivity index (χ4n) is 1.39. The van der Waals surface area contributed by atoms with Gasteiger partial charge in [0.05, 0.1) is 10.0 Å². The number of unbranched alkanes of at least 4 members (excludes halogenated alkanes) is 1. The van der Waals surface area contributed by atoms with Crippen molar-refractivity contribution in [2.45, 2.75) is 32.2 Å². The van der Waals surface area contributed by atoms with Crippen molar-refractivity contribution in [2.75, 3.05) is 0 Å². The molecule has 0 aliphatic carbocycles. The van der Waals surface area contributed by atoms with Gasteiger partial charge >= 0.3 is 0 Å². The highest BCUT2D eigenvalue weighted by molar-refractivity contribution is 6.42. The molecular weight excluding hydrogens is 252 g/mol. The molecule has 1 nitrogen and oxygen atoms in total. The first-order valence-corrected chi connectivity index (χ1v) is 5.62. The van der Waals surface area contributed by atoms with Crippen LogP contribution in [0.4, 0.5) is 0 Å². The first-order chi connectivity index (χ1) is 6.66. The second-order valence-electron chi connectivity index (χ2n) is 3.39. The fraction of sp³-hybridized carbons (Fsp3) is 0.455. The van der Waals surface area contributed by atoms with Crippen LogP contribution in [0.15, 0.2) is 18.2 Å². The third-order valence-corrected chi connectivity index (χ3v) is 3.08. The zero-order valence-electron chi connectivity index (χ0n) is 8.67. The van der Waals surface area contributed by atoms with E-state index < -0.39 is 0 Å². The van der Waals surface area contributed by atoms with Crippen molar-refractivity contribution in [3.05, 3.63) is 33.8 Å². The Morgan fingerprint density at radius 1 is 1.33 bits per heavy atom. The van der Waals surface area contributed by atoms with Gasteiger partial charge in [-0.15, -0.1) is 12.4 Å².